The average molecular weight is 211 g/mol. The number of amides is 1. The van der Waals surface area contributed by atoms with Gasteiger partial charge in [0.15, 0.2) is 0 Å². The normalized spacial score (nSPS) is 10.3. The number of aromatic nitrogens is 1. The van der Waals surface area contributed by atoms with E-state index in [9.17, 15) is 4.79 Å². The maximum Gasteiger partial charge on any atom is 0.290 e. The highest BCUT2D eigenvalue weighted by Crippen LogP contribution is 2.04. The third-order valence-corrected chi connectivity index (χ3v) is 1.97. The molecule has 0 spiro atoms. The number of rotatable bonds is 6. The molecule has 0 unspecified atom stereocenters. The Morgan fingerprint density at radius 1 is 1.47 bits per heavy atom. The lowest BCUT2D eigenvalue weighted by Crippen LogP contribution is -2.32. The molecule has 0 saturated carbocycles. The largest absolute Gasteiger partial charge is 0.351 e. The molecule has 0 fully saturated rings. The molecular formula is C10H17N3O2. The monoisotopic (exact) mass is 211 g/mol. The van der Waals surface area contributed by atoms with Gasteiger partial charge in [-0.2, -0.15) is 0 Å². The van der Waals surface area contributed by atoms with Gasteiger partial charge in [0, 0.05) is 18.7 Å². The zero-order valence-corrected chi connectivity index (χ0v) is 9.17. The lowest BCUT2D eigenvalue weighted by molar-refractivity contribution is 0.0916. The summed E-state index contributed by atoms with van der Waals surface area (Å²) in [4.78, 5) is 11.5. The van der Waals surface area contributed by atoms with Crippen LogP contribution in [0.3, 0.4) is 0 Å². The molecule has 1 heterocycles. The second-order valence-electron chi connectivity index (χ2n) is 3.34. The van der Waals surface area contributed by atoms with Gasteiger partial charge in [-0.05, 0) is 19.9 Å². The van der Waals surface area contributed by atoms with Crippen molar-refractivity contribution in [1.29, 1.82) is 0 Å². The predicted molar refractivity (Wildman–Crippen MR) is 56.7 cm³/mol. The Morgan fingerprint density at radius 3 is 2.87 bits per heavy atom. The molecule has 2 N–H and O–H groups in total. The highest BCUT2D eigenvalue weighted by Gasteiger charge is 2.12. The quantitative estimate of drug-likeness (QED) is 0.680. The lowest BCUT2D eigenvalue weighted by atomic mass is 10.3. The van der Waals surface area contributed by atoms with E-state index >= 15 is 0 Å². The highest BCUT2D eigenvalue weighted by molar-refractivity contribution is 5.92. The molecule has 1 aromatic rings. The van der Waals surface area contributed by atoms with E-state index in [1.807, 2.05) is 0 Å². The van der Waals surface area contributed by atoms with Crippen LogP contribution in [0.2, 0.25) is 0 Å². The second-order valence-corrected chi connectivity index (χ2v) is 3.34. The molecule has 1 amide bonds. The van der Waals surface area contributed by atoms with Crippen LogP contribution in [-0.4, -0.2) is 30.7 Å². The second kappa shape index (κ2) is 6.19. The van der Waals surface area contributed by atoms with Gasteiger partial charge < -0.3 is 15.2 Å². The Bertz CT molecular complexity index is 309. The highest BCUT2D eigenvalue weighted by atomic mass is 16.5. The summed E-state index contributed by atoms with van der Waals surface area (Å²) in [5, 5.41) is 9.49. The summed E-state index contributed by atoms with van der Waals surface area (Å²) in [6.07, 6.45) is 2.62. The zero-order valence-electron chi connectivity index (χ0n) is 9.17. The fraction of sp³-hybridized carbons (Fsp3) is 0.600. The van der Waals surface area contributed by atoms with E-state index in [1.54, 1.807) is 6.92 Å². The minimum absolute atomic E-state index is 0.205. The first-order valence-corrected chi connectivity index (χ1v) is 5.16. The van der Waals surface area contributed by atoms with Crippen LogP contribution in [0.1, 0.15) is 29.5 Å². The van der Waals surface area contributed by atoms with Crippen LogP contribution in [0.15, 0.2) is 10.7 Å². The van der Waals surface area contributed by atoms with Gasteiger partial charge in [-0.3, -0.25) is 4.79 Å². The van der Waals surface area contributed by atoms with Crippen molar-refractivity contribution >= 4 is 5.91 Å². The van der Waals surface area contributed by atoms with Crippen LogP contribution in [0.25, 0.3) is 0 Å². The fourth-order valence-corrected chi connectivity index (χ4v) is 1.16. The number of aryl methyl sites for hydroxylation is 1. The third kappa shape index (κ3) is 3.71. The molecule has 0 aliphatic carbocycles. The van der Waals surface area contributed by atoms with Crippen molar-refractivity contribution in [1.82, 2.24) is 15.8 Å². The van der Waals surface area contributed by atoms with Crippen molar-refractivity contribution in [2.45, 2.75) is 20.3 Å². The van der Waals surface area contributed by atoms with E-state index in [1.165, 1.54) is 6.20 Å². The third-order valence-electron chi connectivity index (χ3n) is 1.97. The first-order chi connectivity index (χ1) is 7.25. The molecule has 1 aromatic heterocycles. The summed E-state index contributed by atoms with van der Waals surface area (Å²) in [5.41, 5.74) is 0.758. The van der Waals surface area contributed by atoms with Crippen molar-refractivity contribution in [3.8, 4) is 0 Å². The van der Waals surface area contributed by atoms with Crippen molar-refractivity contribution in [3.05, 3.63) is 17.5 Å². The summed E-state index contributed by atoms with van der Waals surface area (Å²) >= 11 is 0. The smallest absolute Gasteiger partial charge is 0.290 e. The molecule has 84 valence electrons. The number of hydrogen-bond acceptors (Lipinski definition) is 4. The molecule has 0 aliphatic heterocycles. The number of hydrogen-bond donors (Lipinski definition) is 2. The van der Waals surface area contributed by atoms with Crippen LogP contribution < -0.4 is 10.6 Å². The SMILES string of the molecule is CCCNCCNC(=O)c1oncc1C. The summed E-state index contributed by atoms with van der Waals surface area (Å²) in [7, 11) is 0. The van der Waals surface area contributed by atoms with E-state index in [2.05, 4.69) is 22.7 Å². The summed E-state index contributed by atoms with van der Waals surface area (Å²) in [6.45, 7) is 6.23. The van der Waals surface area contributed by atoms with Crippen LogP contribution >= 0.6 is 0 Å². The van der Waals surface area contributed by atoms with Gasteiger partial charge in [0.05, 0.1) is 6.20 Å². The Balaban J connectivity index is 2.22. The van der Waals surface area contributed by atoms with Crippen LogP contribution in [0.4, 0.5) is 0 Å². The Hall–Kier alpha value is -1.36. The molecule has 5 nitrogen and oxygen atoms in total. The van der Waals surface area contributed by atoms with E-state index in [0.29, 0.717) is 12.3 Å². The minimum atomic E-state index is -0.205. The predicted octanol–water partition coefficient (Wildman–Crippen LogP) is 0.712. The summed E-state index contributed by atoms with van der Waals surface area (Å²) < 4.78 is 4.82. The number of nitrogens with zero attached hydrogens (tertiary/aromatic N) is 1. The molecule has 0 bridgehead atoms. The van der Waals surface area contributed by atoms with Crippen molar-refractivity contribution < 1.29 is 9.32 Å². The van der Waals surface area contributed by atoms with Crippen molar-refractivity contribution in [3.63, 3.8) is 0 Å². The van der Waals surface area contributed by atoms with Gasteiger partial charge in [-0.25, -0.2) is 0 Å². The summed E-state index contributed by atoms with van der Waals surface area (Å²) in [5.74, 6) is 0.0915. The molecule has 0 saturated heterocycles. The Morgan fingerprint density at radius 2 is 2.27 bits per heavy atom. The van der Waals surface area contributed by atoms with E-state index < -0.39 is 0 Å². The van der Waals surface area contributed by atoms with Crippen LogP contribution in [-0.2, 0) is 0 Å². The number of carbonyl (C=O) groups excluding carboxylic acids is 1. The standard InChI is InChI=1S/C10H17N3O2/c1-3-4-11-5-6-12-10(14)9-8(2)7-13-15-9/h7,11H,3-6H2,1-2H3,(H,12,14). The Labute approximate surface area is 89.2 Å². The molecule has 0 aliphatic rings. The molecular weight excluding hydrogens is 194 g/mol. The van der Waals surface area contributed by atoms with Crippen molar-refractivity contribution in [2.75, 3.05) is 19.6 Å². The fourth-order valence-electron chi connectivity index (χ4n) is 1.16. The maximum atomic E-state index is 11.5. The maximum absolute atomic E-state index is 11.5. The topological polar surface area (TPSA) is 67.2 Å². The molecule has 0 aromatic carbocycles. The molecule has 0 atom stereocenters. The zero-order chi connectivity index (χ0) is 11.1. The first-order valence-electron chi connectivity index (χ1n) is 5.16. The van der Waals surface area contributed by atoms with Crippen LogP contribution in [0, 0.1) is 6.92 Å². The first kappa shape index (κ1) is 11.7. The number of carbonyl (C=O) groups is 1. The summed E-state index contributed by atoms with van der Waals surface area (Å²) in [6, 6.07) is 0. The average Bonchev–Trinajstić information content (AvgIpc) is 2.64. The van der Waals surface area contributed by atoms with E-state index in [4.69, 9.17) is 4.52 Å². The minimum Gasteiger partial charge on any atom is -0.351 e. The molecule has 5 heteroatoms. The molecule has 1 rings (SSSR count). The van der Waals surface area contributed by atoms with E-state index in [-0.39, 0.29) is 5.91 Å². The molecule has 0 radical (unpaired) electrons. The Kier molecular flexibility index (Phi) is 4.83. The number of nitrogens with one attached hydrogen (secondary N) is 2. The van der Waals surface area contributed by atoms with Gasteiger partial charge >= 0.3 is 0 Å². The van der Waals surface area contributed by atoms with E-state index in [0.717, 1.165) is 25.1 Å². The van der Waals surface area contributed by atoms with Gasteiger partial charge in [0.2, 0.25) is 5.76 Å². The van der Waals surface area contributed by atoms with Gasteiger partial charge in [-0.1, -0.05) is 12.1 Å². The molecule has 15 heavy (non-hydrogen) atoms. The van der Waals surface area contributed by atoms with Crippen LogP contribution in [0.5, 0.6) is 0 Å². The van der Waals surface area contributed by atoms with Gasteiger partial charge in [-0.15, -0.1) is 0 Å². The lowest BCUT2D eigenvalue weighted by Gasteiger charge is -2.04. The van der Waals surface area contributed by atoms with Gasteiger partial charge in [0.25, 0.3) is 5.91 Å². The van der Waals surface area contributed by atoms with Crippen molar-refractivity contribution in [2.24, 2.45) is 0 Å². The van der Waals surface area contributed by atoms with Gasteiger partial charge in [0.1, 0.15) is 0 Å².